The van der Waals surface area contributed by atoms with Crippen molar-refractivity contribution in [2.45, 2.75) is 58.0 Å². The molecule has 1 saturated carbocycles. The predicted octanol–water partition coefficient (Wildman–Crippen LogP) is 1.61. The monoisotopic (exact) mass is 228 g/mol. The number of unbranched alkanes of at least 4 members (excludes halogenated alkanes) is 1. The van der Waals surface area contributed by atoms with E-state index in [1.807, 2.05) is 0 Å². The Bertz CT molecular complexity index is 171. The lowest BCUT2D eigenvalue weighted by Crippen LogP contribution is -2.38. The van der Waals surface area contributed by atoms with Crippen molar-refractivity contribution >= 4 is 0 Å². The van der Waals surface area contributed by atoms with Crippen molar-refractivity contribution in [2.24, 2.45) is 0 Å². The van der Waals surface area contributed by atoms with Crippen LogP contribution < -0.4 is 5.32 Å². The van der Waals surface area contributed by atoms with Gasteiger partial charge in [0.1, 0.15) is 0 Å². The first-order chi connectivity index (χ1) is 7.80. The zero-order chi connectivity index (χ0) is 11.8. The van der Waals surface area contributed by atoms with E-state index < -0.39 is 0 Å². The standard InChI is InChI=1S/C13H28N2O/c1-3-5-9-15(4-2)10-8-13(11-16)14-12-6-7-12/h12-14,16H,3-11H2,1-2H3. The van der Waals surface area contributed by atoms with E-state index in [-0.39, 0.29) is 6.61 Å². The Labute approximate surface area is 100 Å². The SMILES string of the molecule is CCCCN(CC)CCC(CO)NC1CC1. The van der Waals surface area contributed by atoms with E-state index >= 15 is 0 Å². The van der Waals surface area contributed by atoms with Gasteiger partial charge in [0.2, 0.25) is 0 Å². The zero-order valence-corrected chi connectivity index (χ0v) is 10.9. The third kappa shape index (κ3) is 5.83. The fourth-order valence-electron chi connectivity index (χ4n) is 1.96. The highest BCUT2D eigenvalue weighted by Gasteiger charge is 2.24. The molecule has 1 unspecified atom stereocenters. The first-order valence-corrected chi connectivity index (χ1v) is 6.89. The van der Waals surface area contributed by atoms with E-state index in [4.69, 9.17) is 0 Å². The minimum atomic E-state index is 0.280. The Hall–Kier alpha value is -0.120. The van der Waals surface area contributed by atoms with Crippen LogP contribution in [0.1, 0.15) is 46.0 Å². The van der Waals surface area contributed by atoms with Crippen LogP contribution in [0.25, 0.3) is 0 Å². The molecule has 0 radical (unpaired) electrons. The molecule has 0 amide bonds. The Morgan fingerprint density at radius 2 is 2.06 bits per heavy atom. The fraction of sp³-hybridized carbons (Fsp3) is 1.00. The summed E-state index contributed by atoms with van der Waals surface area (Å²) in [5.41, 5.74) is 0. The van der Waals surface area contributed by atoms with Gasteiger partial charge in [-0.05, 0) is 45.3 Å². The lowest BCUT2D eigenvalue weighted by Gasteiger charge is -2.23. The van der Waals surface area contributed by atoms with Crippen molar-refractivity contribution in [1.82, 2.24) is 10.2 Å². The van der Waals surface area contributed by atoms with E-state index in [0.717, 1.165) is 19.5 Å². The number of aliphatic hydroxyl groups is 1. The van der Waals surface area contributed by atoms with E-state index in [1.54, 1.807) is 0 Å². The van der Waals surface area contributed by atoms with Gasteiger partial charge in [-0.25, -0.2) is 0 Å². The normalized spacial score (nSPS) is 18.0. The highest BCUT2D eigenvalue weighted by atomic mass is 16.3. The van der Waals surface area contributed by atoms with Gasteiger partial charge in [0.15, 0.2) is 0 Å². The average molecular weight is 228 g/mol. The molecule has 1 fully saturated rings. The lowest BCUT2D eigenvalue weighted by atomic mass is 10.2. The van der Waals surface area contributed by atoms with Gasteiger partial charge < -0.3 is 15.3 Å². The summed E-state index contributed by atoms with van der Waals surface area (Å²) < 4.78 is 0. The van der Waals surface area contributed by atoms with Crippen molar-refractivity contribution < 1.29 is 5.11 Å². The van der Waals surface area contributed by atoms with E-state index in [9.17, 15) is 5.11 Å². The average Bonchev–Trinajstić information content (AvgIpc) is 3.11. The van der Waals surface area contributed by atoms with Crippen LogP contribution in [0.3, 0.4) is 0 Å². The molecule has 0 spiro atoms. The summed E-state index contributed by atoms with van der Waals surface area (Å²) in [5, 5.41) is 12.8. The molecule has 0 aromatic carbocycles. The first-order valence-electron chi connectivity index (χ1n) is 6.89. The Morgan fingerprint density at radius 3 is 2.56 bits per heavy atom. The maximum atomic E-state index is 9.28. The largest absolute Gasteiger partial charge is 0.395 e. The molecular weight excluding hydrogens is 200 g/mol. The highest BCUT2D eigenvalue weighted by Crippen LogP contribution is 2.19. The maximum absolute atomic E-state index is 9.28. The summed E-state index contributed by atoms with van der Waals surface area (Å²) in [6.07, 6.45) is 6.21. The third-order valence-corrected chi connectivity index (χ3v) is 3.34. The van der Waals surface area contributed by atoms with Gasteiger partial charge in [0.25, 0.3) is 0 Å². The number of nitrogens with one attached hydrogen (secondary N) is 1. The van der Waals surface area contributed by atoms with Crippen LogP contribution in [0.4, 0.5) is 0 Å². The van der Waals surface area contributed by atoms with E-state index in [1.165, 1.54) is 32.2 Å². The lowest BCUT2D eigenvalue weighted by molar-refractivity contribution is 0.206. The van der Waals surface area contributed by atoms with Gasteiger partial charge in [-0.2, -0.15) is 0 Å². The second-order valence-electron chi connectivity index (χ2n) is 4.90. The van der Waals surface area contributed by atoms with Gasteiger partial charge in [-0.3, -0.25) is 0 Å². The second-order valence-corrected chi connectivity index (χ2v) is 4.90. The molecule has 1 atom stereocenters. The fourth-order valence-corrected chi connectivity index (χ4v) is 1.96. The minimum Gasteiger partial charge on any atom is -0.395 e. The molecule has 0 aromatic heterocycles. The van der Waals surface area contributed by atoms with Crippen LogP contribution in [-0.4, -0.2) is 48.3 Å². The summed E-state index contributed by atoms with van der Waals surface area (Å²) in [5.74, 6) is 0. The number of nitrogens with zero attached hydrogens (tertiary/aromatic N) is 1. The molecule has 2 N–H and O–H groups in total. The minimum absolute atomic E-state index is 0.280. The number of rotatable bonds is 10. The number of aliphatic hydroxyl groups excluding tert-OH is 1. The second kappa shape index (κ2) is 8.04. The summed E-state index contributed by atoms with van der Waals surface area (Å²) in [4.78, 5) is 2.49. The van der Waals surface area contributed by atoms with Crippen molar-refractivity contribution in [3.8, 4) is 0 Å². The van der Waals surface area contributed by atoms with Crippen molar-refractivity contribution in [3.63, 3.8) is 0 Å². The molecule has 0 aliphatic heterocycles. The first kappa shape index (κ1) is 13.9. The van der Waals surface area contributed by atoms with E-state index in [0.29, 0.717) is 12.1 Å². The molecule has 1 aliphatic rings. The van der Waals surface area contributed by atoms with Gasteiger partial charge in [0, 0.05) is 12.1 Å². The molecule has 1 aliphatic carbocycles. The van der Waals surface area contributed by atoms with Gasteiger partial charge in [0.05, 0.1) is 6.61 Å². The number of hydrogen-bond donors (Lipinski definition) is 2. The van der Waals surface area contributed by atoms with Crippen LogP contribution in [0.2, 0.25) is 0 Å². The topological polar surface area (TPSA) is 35.5 Å². The van der Waals surface area contributed by atoms with E-state index in [2.05, 4.69) is 24.1 Å². The molecule has 1 rings (SSSR count). The van der Waals surface area contributed by atoms with Crippen LogP contribution in [0.5, 0.6) is 0 Å². The molecule has 3 nitrogen and oxygen atoms in total. The third-order valence-electron chi connectivity index (χ3n) is 3.34. The quantitative estimate of drug-likeness (QED) is 0.596. The van der Waals surface area contributed by atoms with Crippen LogP contribution in [0, 0.1) is 0 Å². The van der Waals surface area contributed by atoms with Crippen LogP contribution in [0.15, 0.2) is 0 Å². The van der Waals surface area contributed by atoms with Crippen molar-refractivity contribution in [2.75, 3.05) is 26.2 Å². The maximum Gasteiger partial charge on any atom is 0.0585 e. The number of hydrogen-bond acceptors (Lipinski definition) is 3. The zero-order valence-electron chi connectivity index (χ0n) is 10.9. The summed E-state index contributed by atoms with van der Waals surface area (Å²) >= 11 is 0. The molecular formula is C13H28N2O. The molecule has 3 heteroatoms. The predicted molar refractivity (Wildman–Crippen MR) is 68.7 cm³/mol. The molecule has 96 valence electrons. The van der Waals surface area contributed by atoms with Crippen molar-refractivity contribution in [3.05, 3.63) is 0 Å². The molecule has 0 bridgehead atoms. The van der Waals surface area contributed by atoms with Gasteiger partial charge in [-0.1, -0.05) is 20.3 Å². The molecule has 0 aromatic rings. The summed E-state index contributed by atoms with van der Waals surface area (Å²) in [6.45, 7) is 8.18. The Morgan fingerprint density at radius 1 is 1.31 bits per heavy atom. The summed E-state index contributed by atoms with van der Waals surface area (Å²) in [6, 6.07) is 1.01. The van der Waals surface area contributed by atoms with Crippen LogP contribution in [-0.2, 0) is 0 Å². The smallest absolute Gasteiger partial charge is 0.0585 e. The van der Waals surface area contributed by atoms with Crippen LogP contribution >= 0.6 is 0 Å². The molecule has 0 heterocycles. The van der Waals surface area contributed by atoms with Crippen molar-refractivity contribution in [1.29, 1.82) is 0 Å². The summed E-state index contributed by atoms with van der Waals surface area (Å²) in [7, 11) is 0. The highest BCUT2D eigenvalue weighted by molar-refractivity contribution is 4.84. The van der Waals surface area contributed by atoms with Gasteiger partial charge in [-0.15, -0.1) is 0 Å². The molecule has 0 saturated heterocycles. The van der Waals surface area contributed by atoms with Gasteiger partial charge >= 0.3 is 0 Å². The Kier molecular flexibility index (Phi) is 7.01. The molecule has 16 heavy (non-hydrogen) atoms. The Balaban J connectivity index is 2.12.